The second-order valence-corrected chi connectivity index (χ2v) is 7.88. The summed E-state index contributed by atoms with van der Waals surface area (Å²) in [7, 11) is 3.59. The molecule has 0 spiro atoms. The molecule has 0 atom stereocenters. The van der Waals surface area contributed by atoms with Gasteiger partial charge in [0.2, 0.25) is 5.91 Å². The largest absolute Gasteiger partial charge is 0.495 e. The molecule has 3 aromatic rings. The summed E-state index contributed by atoms with van der Waals surface area (Å²) in [6.07, 6.45) is 3.48. The Labute approximate surface area is 179 Å². The Morgan fingerprint density at radius 1 is 1.10 bits per heavy atom. The Morgan fingerprint density at radius 3 is 2.63 bits per heavy atom. The van der Waals surface area contributed by atoms with Crippen LogP contribution in [0.2, 0.25) is 0 Å². The quantitative estimate of drug-likeness (QED) is 0.562. The molecule has 4 rings (SSSR count). The fraction of sp³-hybridized carbons (Fsp3) is 0.333. The first-order chi connectivity index (χ1) is 14.7. The van der Waals surface area contributed by atoms with E-state index >= 15 is 0 Å². The van der Waals surface area contributed by atoms with E-state index in [4.69, 9.17) is 4.74 Å². The molecule has 1 aliphatic rings. The molecule has 1 amide bonds. The van der Waals surface area contributed by atoms with Crippen LogP contribution in [0.5, 0.6) is 5.75 Å². The van der Waals surface area contributed by atoms with Crippen molar-refractivity contribution >= 4 is 23.4 Å². The molecule has 0 saturated carbocycles. The number of benzene rings is 1. The van der Waals surface area contributed by atoms with Gasteiger partial charge in [0.1, 0.15) is 5.75 Å². The SMILES string of the molecule is COc1ccccc1N1CCN(C(=O)CSc2nnc(-c3cccnc3)n2C)CC1. The van der Waals surface area contributed by atoms with Crippen molar-refractivity contribution in [2.75, 3.05) is 43.9 Å². The smallest absolute Gasteiger partial charge is 0.233 e. The van der Waals surface area contributed by atoms with E-state index in [2.05, 4.69) is 26.1 Å². The van der Waals surface area contributed by atoms with Gasteiger partial charge >= 0.3 is 0 Å². The number of hydrogen-bond donors (Lipinski definition) is 0. The monoisotopic (exact) mass is 424 g/mol. The second kappa shape index (κ2) is 9.17. The van der Waals surface area contributed by atoms with Gasteiger partial charge in [-0.3, -0.25) is 9.78 Å². The number of aromatic nitrogens is 4. The minimum atomic E-state index is 0.116. The van der Waals surface area contributed by atoms with Gasteiger partial charge in [-0.2, -0.15) is 0 Å². The predicted octanol–water partition coefficient (Wildman–Crippen LogP) is 2.33. The number of nitrogens with zero attached hydrogens (tertiary/aromatic N) is 6. The van der Waals surface area contributed by atoms with Crippen LogP contribution in [0.4, 0.5) is 5.69 Å². The number of carbonyl (C=O) groups is 1. The van der Waals surface area contributed by atoms with Gasteiger partial charge in [-0.1, -0.05) is 23.9 Å². The molecule has 0 unspecified atom stereocenters. The van der Waals surface area contributed by atoms with E-state index in [1.807, 2.05) is 46.8 Å². The zero-order valence-electron chi connectivity index (χ0n) is 17.1. The van der Waals surface area contributed by atoms with Gasteiger partial charge in [0.25, 0.3) is 0 Å². The van der Waals surface area contributed by atoms with Crippen LogP contribution >= 0.6 is 11.8 Å². The third-order valence-corrected chi connectivity index (χ3v) is 6.14. The molecule has 1 fully saturated rings. The molecule has 0 radical (unpaired) electrons. The summed E-state index contributed by atoms with van der Waals surface area (Å²) >= 11 is 1.41. The molecule has 1 saturated heterocycles. The Hall–Kier alpha value is -3.07. The molecular weight excluding hydrogens is 400 g/mol. The van der Waals surface area contributed by atoms with Crippen LogP contribution < -0.4 is 9.64 Å². The van der Waals surface area contributed by atoms with Crippen LogP contribution in [0.1, 0.15) is 0 Å². The van der Waals surface area contributed by atoms with Gasteiger partial charge in [-0.15, -0.1) is 10.2 Å². The molecule has 0 aliphatic carbocycles. The molecule has 30 heavy (non-hydrogen) atoms. The number of piperazine rings is 1. The number of hydrogen-bond acceptors (Lipinski definition) is 7. The van der Waals surface area contributed by atoms with Gasteiger partial charge < -0.3 is 19.1 Å². The van der Waals surface area contributed by atoms with E-state index in [1.165, 1.54) is 11.8 Å². The van der Waals surface area contributed by atoms with Gasteiger partial charge in [-0.05, 0) is 24.3 Å². The summed E-state index contributed by atoms with van der Waals surface area (Å²) in [6.45, 7) is 2.95. The number of carbonyl (C=O) groups excluding carboxylic acids is 1. The molecule has 1 aromatic carbocycles. The number of anilines is 1. The lowest BCUT2D eigenvalue weighted by Gasteiger charge is -2.36. The molecule has 2 aromatic heterocycles. The highest BCUT2D eigenvalue weighted by Crippen LogP contribution is 2.28. The standard InChI is InChI=1S/C21H24N6O2S/c1-25-20(16-6-5-9-22-14-16)23-24-21(25)30-15-19(28)27-12-10-26(11-13-27)17-7-3-4-8-18(17)29-2/h3-9,14H,10-13,15H2,1-2H3. The Kier molecular flexibility index (Phi) is 6.18. The lowest BCUT2D eigenvalue weighted by molar-refractivity contribution is -0.128. The Balaban J connectivity index is 1.32. The molecule has 9 heteroatoms. The average Bonchev–Trinajstić information content (AvgIpc) is 3.18. The summed E-state index contributed by atoms with van der Waals surface area (Å²) < 4.78 is 7.36. The second-order valence-electron chi connectivity index (χ2n) is 6.94. The number of ether oxygens (including phenoxy) is 1. The number of methoxy groups -OCH3 is 1. The van der Waals surface area contributed by atoms with Crippen LogP contribution in [-0.4, -0.2) is 69.6 Å². The number of amides is 1. The zero-order chi connectivity index (χ0) is 20.9. The lowest BCUT2D eigenvalue weighted by Crippen LogP contribution is -2.49. The fourth-order valence-corrected chi connectivity index (χ4v) is 4.31. The highest BCUT2D eigenvalue weighted by molar-refractivity contribution is 7.99. The first-order valence-electron chi connectivity index (χ1n) is 9.75. The van der Waals surface area contributed by atoms with Gasteiger partial charge in [0.05, 0.1) is 18.6 Å². The minimum Gasteiger partial charge on any atom is -0.495 e. The Morgan fingerprint density at radius 2 is 1.90 bits per heavy atom. The first kappa shape index (κ1) is 20.2. The fourth-order valence-electron chi connectivity index (χ4n) is 3.49. The average molecular weight is 425 g/mol. The highest BCUT2D eigenvalue weighted by atomic mass is 32.2. The molecule has 0 bridgehead atoms. The van der Waals surface area contributed by atoms with Crippen molar-refractivity contribution < 1.29 is 9.53 Å². The van der Waals surface area contributed by atoms with E-state index in [9.17, 15) is 4.79 Å². The minimum absolute atomic E-state index is 0.116. The van der Waals surface area contributed by atoms with Crippen molar-refractivity contribution in [1.82, 2.24) is 24.6 Å². The lowest BCUT2D eigenvalue weighted by atomic mass is 10.2. The molecule has 3 heterocycles. The maximum absolute atomic E-state index is 12.7. The molecule has 0 N–H and O–H groups in total. The maximum Gasteiger partial charge on any atom is 0.233 e. The van der Waals surface area contributed by atoms with Crippen molar-refractivity contribution in [3.05, 3.63) is 48.8 Å². The van der Waals surface area contributed by atoms with E-state index in [0.717, 1.165) is 41.1 Å². The summed E-state index contributed by atoms with van der Waals surface area (Å²) in [4.78, 5) is 21.0. The number of rotatable bonds is 6. The summed E-state index contributed by atoms with van der Waals surface area (Å²) in [5.74, 6) is 2.06. The van der Waals surface area contributed by atoms with Crippen LogP contribution in [0.15, 0.2) is 53.9 Å². The normalized spacial score (nSPS) is 14.1. The molecule has 8 nitrogen and oxygen atoms in total. The van der Waals surface area contributed by atoms with Crippen LogP contribution in [0, 0.1) is 0 Å². The maximum atomic E-state index is 12.7. The van der Waals surface area contributed by atoms with Crippen LogP contribution in [0.3, 0.4) is 0 Å². The van der Waals surface area contributed by atoms with Crippen molar-refractivity contribution in [3.63, 3.8) is 0 Å². The third-order valence-electron chi connectivity index (χ3n) is 5.14. The summed E-state index contributed by atoms with van der Waals surface area (Å²) in [6, 6.07) is 11.8. The van der Waals surface area contributed by atoms with Crippen molar-refractivity contribution in [3.8, 4) is 17.1 Å². The van der Waals surface area contributed by atoms with Crippen LogP contribution in [0.25, 0.3) is 11.4 Å². The van der Waals surface area contributed by atoms with E-state index < -0.39 is 0 Å². The predicted molar refractivity (Wildman–Crippen MR) is 117 cm³/mol. The first-order valence-corrected chi connectivity index (χ1v) is 10.7. The third kappa shape index (κ3) is 4.25. The highest BCUT2D eigenvalue weighted by Gasteiger charge is 2.23. The molecular formula is C21H24N6O2S. The molecule has 156 valence electrons. The van der Waals surface area contributed by atoms with Crippen LogP contribution in [-0.2, 0) is 11.8 Å². The van der Waals surface area contributed by atoms with Gasteiger partial charge in [0, 0.05) is 51.2 Å². The zero-order valence-corrected chi connectivity index (χ0v) is 17.9. The topological polar surface area (TPSA) is 76.4 Å². The van der Waals surface area contributed by atoms with Crippen molar-refractivity contribution in [2.45, 2.75) is 5.16 Å². The van der Waals surface area contributed by atoms with Crippen molar-refractivity contribution in [1.29, 1.82) is 0 Å². The van der Waals surface area contributed by atoms with Crippen molar-refractivity contribution in [2.24, 2.45) is 7.05 Å². The van der Waals surface area contributed by atoms with E-state index in [0.29, 0.717) is 18.8 Å². The molecule has 1 aliphatic heterocycles. The number of thioether (sulfide) groups is 1. The van der Waals surface area contributed by atoms with E-state index in [-0.39, 0.29) is 5.91 Å². The van der Waals surface area contributed by atoms with E-state index in [1.54, 1.807) is 19.5 Å². The number of para-hydroxylation sites is 2. The number of pyridine rings is 1. The van der Waals surface area contributed by atoms with Gasteiger partial charge in [0.15, 0.2) is 11.0 Å². The summed E-state index contributed by atoms with van der Waals surface area (Å²) in [5, 5.41) is 9.20. The Bertz CT molecular complexity index is 1000. The summed E-state index contributed by atoms with van der Waals surface area (Å²) in [5.41, 5.74) is 1.97. The van der Waals surface area contributed by atoms with Gasteiger partial charge in [-0.25, -0.2) is 0 Å².